The second-order valence-electron chi connectivity index (χ2n) is 5.57. The summed E-state index contributed by atoms with van der Waals surface area (Å²) in [5, 5.41) is 16.4. The summed E-state index contributed by atoms with van der Waals surface area (Å²) in [6.45, 7) is 5.15. The van der Waals surface area contributed by atoms with Crippen molar-refractivity contribution in [2.45, 2.75) is 19.6 Å². The second kappa shape index (κ2) is 9.00. The van der Waals surface area contributed by atoms with E-state index < -0.39 is 17.7 Å². The molecule has 136 valence electrons. The number of carboxylic acids is 1. The number of carboxylic acid groups (broad SMARTS) is 1. The van der Waals surface area contributed by atoms with Crippen LogP contribution in [0.25, 0.3) is 0 Å². The number of hydrogen-bond acceptors (Lipinski definition) is 4. The van der Waals surface area contributed by atoms with Crippen molar-refractivity contribution in [1.29, 1.82) is 0 Å². The van der Waals surface area contributed by atoms with Gasteiger partial charge in [-0.2, -0.15) is 13.2 Å². The van der Waals surface area contributed by atoms with Crippen molar-refractivity contribution in [3.8, 4) is 0 Å². The van der Waals surface area contributed by atoms with E-state index in [9.17, 15) is 18.0 Å². The van der Waals surface area contributed by atoms with Gasteiger partial charge in [-0.3, -0.25) is 4.90 Å². The molecule has 2 rings (SSSR count). The summed E-state index contributed by atoms with van der Waals surface area (Å²) in [7, 11) is 1.97. The topological polar surface area (TPSA) is 64.0 Å². The largest absolute Gasteiger partial charge is 0.478 e. The van der Waals surface area contributed by atoms with Gasteiger partial charge < -0.3 is 15.1 Å². The fraction of sp³-hybridized carbons (Fsp3) is 0.562. The molecule has 1 fully saturated rings. The highest BCUT2D eigenvalue weighted by molar-refractivity contribution is 5.88. The van der Waals surface area contributed by atoms with Crippen molar-refractivity contribution in [2.24, 2.45) is 0 Å². The predicted molar refractivity (Wildman–Crippen MR) is 83.9 cm³/mol. The molecule has 1 saturated heterocycles. The van der Waals surface area contributed by atoms with Crippen LogP contribution in [0.1, 0.15) is 28.4 Å². The van der Waals surface area contributed by atoms with E-state index in [4.69, 9.17) is 10.2 Å². The Labute approximate surface area is 139 Å². The van der Waals surface area contributed by atoms with Crippen LogP contribution in [0.4, 0.5) is 13.2 Å². The Morgan fingerprint density at radius 3 is 2.21 bits per heavy atom. The smallest absolute Gasteiger partial charge is 0.416 e. The second-order valence-corrected chi connectivity index (χ2v) is 5.57. The first-order valence-electron chi connectivity index (χ1n) is 7.64. The molecule has 1 aliphatic heterocycles. The molecule has 0 aromatic heterocycles. The van der Waals surface area contributed by atoms with Crippen molar-refractivity contribution in [3.05, 3.63) is 34.9 Å². The molecule has 1 aromatic carbocycles. The predicted octanol–water partition coefficient (Wildman–Crippen LogP) is 2.15. The van der Waals surface area contributed by atoms with Crippen LogP contribution in [-0.4, -0.2) is 65.8 Å². The molecule has 0 spiro atoms. The number of benzene rings is 1. The standard InChI is InChI=1S/C14H17F3N2O2.C2H6O/c1-18-4-6-19(7-5-18)9-11-3-2-10(13(20)21)8-12(11)14(15,16)17;1-2-3/h2-3,8H,4-7,9H2,1H3,(H,20,21);3H,2H2,1H3. The van der Waals surface area contributed by atoms with Gasteiger partial charge in [-0.15, -0.1) is 0 Å². The summed E-state index contributed by atoms with van der Waals surface area (Å²) in [4.78, 5) is 14.9. The zero-order chi connectivity index (χ0) is 18.3. The Morgan fingerprint density at radius 2 is 1.75 bits per heavy atom. The summed E-state index contributed by atoms with van der Waals surface area (Å²) < 4.78 is 39.3. The number of nitrogens with zero attached hydrogens (tertiary/aromatic N) is 2. The minimum atomic E-state index is -4.55. The molecule has 1 aromatic rings. The lowest BCUT2D eigenvalue weighted by Gasteiger charge is -2.32. The van der Waals surface area contributed by atoms with E-state index in [1.165, 1.54) is 12.1 Å². The fourth-order valence-corrected chi connectivity index (χ4v) is 2.36. The molecule has 2 N–H and O–H groups in total. The first kappa shape index (κ1) is 20.4. The van der Waals surface area contributed by atoms with Crippen LogP contribution in [0, 0.1) is 0 Å². The number of alkyl halides is 3. The molecular formula is C16H23F3N2O3. The SMILES string of the molecule is CCO.CN1CCN(Cc2ccc(C(=O)O)cc2C(F)(F)F)CC1. The number of carbonyl (C=O) groups is 1. The van der Waals surface area contributed by atoms with Gasteiger partial charge in [0.25, 0.3) is 0 Å². The summed E-state index contributed by atoms with van der Waals surface area (Å²) in [6, 6.07) is 3.21. The number of aliphatic hydroxyl groups excluding tert-OH is 1. The van der Waals surface area contributed by atoms with E-state index in [0.29, 0.717) is 19.2 Å². The molecule has 24 heavy (non-hydrogen) atoms. The van der Waals surface area contributed by atoms with Gasteiger partial charge in [-0.1, -0.05) is 6.07 Å². The molecule has 0 radical (unpaired) electrons. The lowest BCUT2D eigenvalue weighted by molar-refractivity contribution is -0.138. The van der Waals surface area contributed by atoms with Gasteiger partial charge in [-0.05, 0) is 31.7 Å². The van der Waals surface area contributed by atoms with Crippen molar-refractivity contribution < 1.29 is 28.2 Å². The molecule has 5 nitrogen and oxygen atoms in total. The highest BCUT2D eigenvalue weighted by Crippen LogP contribution is 2.33. The van der Waals surface area contributed by atoms with Crippen LogP contribution in [0.2, 0.25) is 0 Å². The highest BCUT2D eigenvalue weighted by atomic mass is 19.4. The van der Waals surface area contributed by atoms with Gasteiger partial charge >= 0.3 is 12.1 Å². The molecule has 0 amide bonds. The average molecular weight is 348 g/mol. The number of aliphatic hydroxyl groups is 1. The van der Waals surface area contributed by atoms with Crippen LogP contribution in [0.5, 0.6) is 0 Å². The zero-order valence-corrected chi connectivity index (χ0v) is 13.8. The van der Waals surface area contributed by atoms with Crippen molar-refractivity contribution >= 4 is 5.97 Å². The molecule has 1 aliphatic rings. The molecule has 0 atom stereocenters. The van der Waals surface area contributed by atoms with Crippen molar-refractivity contribution in [1.82, 2.24) is 9.80 Å². The fourth-order valence-electron chi connectivity index (χ4n) is 2.36. The maximum absolute atomic E-state index is 13.1. The van der Waals surface area contributed by atoms with E-state index in [1.807, 2.05) is 11.9 Å². The van der Waals surface area contributed by atoms with Crippen molar-refractivity contribution in [3.63, 3.8) is 0 Å². The van der Waals surface area contributed by atoms with E-state index in [2.05, 4.69) is 4.90 Å². The van der Waals surface area contributed by atoms with Gasteiger partial charge in [0.1, 0.15) is 0 Å². The first-order valence-corrected chi connectivity index (χ1v) is 7.64. The number of hydrogen-bond donors (Lipinski definition) is 2. The maximum Gasteiger partial charge on any atom is 0.416 e. The molecular weight excluding hydrogens is 325 g/mol. The molecule has 1 heterocycles. The Morgan fingerprint density at radius 1 is 1.21 bits per heavy atom. The first-order chi connectivity index (χ1) is 11.2. The lowest BCUT2D eigenvalue weighted by atomic mass is 10.0. The van der Waals surface area contributed by atoms with E-state index in [0.717, 1.165) is 13.1 Å². The monoisotopic (exact) mass is 348 g/mol. The minimum absolute atomic E-state index is 0.122. The van der Waals surface area contributed by atoms with Crippen LogP contribution in [0.15, 0.2) is 18.2 Å². The maximum atomic E-state index is 13.1. The average Bonchev–Trinajstić information content (AvgIpc) is 2.49. The number of piperazine rings is 1. The van der Waals surface area contributed by atoms with Gasteiger partial charge in [0.2, 0.25) is 0 Å². The third-order valence-corrected chi connectivity index (χ3v) is 3.65. The lowest BCUT2D eigenvalue weighted by Crippen LogP contribution is -2.44. The number of rotatable bonds is 3. The summed E-state index contributed by atoms with van der Waals surface area (Å²) in [6.07, 6.45) is -4.55. The van der Waals surface area contributed by atoms with Gasteiger partial charge in [0, 0.05) is 39.3 Å². The molecule has 8 heteroatoms. The molecule has 0 saturated carbocycles. The highest BCUT2D eigenvalue weighted by Gasteiger charge is 2.34. The third kappa shape index (κ3) is 6.10. The quantitative estimate of drug-likeness (QED) is 0.876. The summed E-state index contributed by atoms with van der Waals surface area (Å²) in [5.41, 5.74) is -1.08. The van der Waals surface area contributed by atoms with Gasteiger partial charge in [-0.25, -0.2) is 4.79 Å². The van der Waals surface area contributed by atoms with Crippen LogP contribution in [-0.2, 0) is 12.7 Å². The molecule has 0 unspecified atom stereocenters. The Bertz CT molecular complexity index is 542. The Kier molecular flexibility index (Phi) is 7.65. The summed E-state index contributed by atoms with van der Waals surface area (Å²) >= 11 is 0. The molecule has 0 bridgehead atoms. The van der Waals surface area contributed by atoms with E-state index >= 15 is 0 Å². The van der Waals surface area contributed by atoms with E-state index in [1.54, 1.807) is 6.92 Å². The third-order valence-electron chi connectivity index (χ3n) is 3.65. The van der Waals surface area contributed by atoms with Crippen molar-refractivity contribution in [2.75, 3.05) is 39.8 Å². The minimum Gasteiger partial charge on any atom is -0.478 e. The van der Waals surface area contributed by atoms with E-state index in [-0.39, 0.29) is 24.3 Å². The van der Waals surface area contributed by atoms with Gasteiger partial charge in [0.15, 0.2) is 0 Å². The van der Waals surface area contributed by atoms with Crippen LogP contribution in [0.3, 0.4) is 0 Å². The molecule has 0 aliphatic carbocycles. The normalized spacial score (nSPS) is 16.4. The number of likely N-dealkylation sites (N-methyl/N-ethyl adjacent to an activating group) is 1. The Balaban J connectivity index is 0.000000891. The Hall–Kier alpha value is -1.64. The number of halogens is 3. The zero-order valence-electron chi connectivity index (χ0n) is 13.8. The van der Waals surface area contributed by atoms with Gasteiger partial charge in [0.05, 0.1) is 11.1 Å². The number of aromatic carboxylic acids is 1. The van der Waals surface area contributed by atoms with Crippen LogP contribution >= 0.6 is 0 Å². The van der Waals surface area contributed by atoms with Crippen LogP contribution < -0.4 is 0 Å². The summed E-state index contributed by atoms with van der Waals surface area (Å²) in [5.74, 6) is -1.35.